The number of hydrogen-bond acceptors (Lipinski definition) is 3. The zero-order valence-electron chi connectivity index (χ0n) is 13.0. The molecule has 22 heavy (non-hydrogen) atoms. The maximum Gasteiger partial charge on any atom is 0.233 e. The largest absolute Gasteiger partial charge is 0.339 e. The number of pyridine rings is 1. The van der Waals surface area contributed by atoms with Gasteiger partial charge in [0.2, 0.25) is 5.91 Å². The van der Waals surface area contributed by atoms with Gasteiger partial charge in [-0.1, -0.05) is 25.1 Å². The van der Waals surface area contributed by atoms with Gasteiger partial charge < -0.3 is 4.90 Å². The van der Waals surface area contributed by atoms with E-state index in [1.807, 2.05) is 18.3 Å². The van der Waals surface area contributed by atoms with E-state index in [1.54, 1.807) is 11.8 Å². The fraction of sp³-hybridized carbons (Fsp3) is 0.444. The number of rotatable bonds is 4. The molecular formula is C18H22N2OS. The van der Waals surface area contributed by atoms with Crippen LogP contribution in [0, 0.1) is 0 Å². The third-order valence-corrected chi connectivity index (χ3v) is 5.40. The normalized spacial score (nSPS) is 18.6. The number of thioether (sulfide) groups is 1. The molecule has 1 aromatic heterocycles. The maximum absolute atomic E-state index is 12.6. The Morgan fingerprint density at radius 2 is 2.18 bits per heavy atom. The molecule has 0 N–H and O–H groups in total. The van der Waals surface area contributed by atoms with Gasteiger partial charge in [-0.3, -0.25) is 9.78 Å². The number of benzene rings is 1. The van der Waals surface area contributed by atoms with Gasteiger partial charge in [-0.25, -0.2) is 0 Å². The van der Waals surface area contributed by atoms with Crippen molar-refractivity contribution in [1.29, 1.82) is 0 Å². The van der Waals surface area contributed by atoms with Crippen LogP contribution in [0.1, 0.15) is 32.6 Å². The van der Waals surface area contributed by atoms with Crippen LogP contribution in [0.15, 0.2) is 41.4 Å². The molecule has 1 atom stereocenters. The molecular weight excluding hydrogens is 292 g/mol. The van der Waals surface area contributed by atoms with Gasteiger partial charge in [-0.05, 0) is 37.8 Å². The maximum atomic E-state index is 12.6. The van der Waals surface area contributed by atoms with E-state index in [-0.39, 0.29) is 5.91 Å². The molecule has 2 heterocycles. The average Bonchev–Trinajstić information content (AvgIpc) is 2.59. The summed E-state index contributed by atoms with van der Waals surface area (Å²) in [5, 5.41) is 1.13. The van der Waals surface area contributed by atoms with Crippen LogP contribution in [0.2, 0.25) is 0 Å². The van der Waals surface area contributed by atoms with Gasteiger partial charge in [0, 0.05) is 29.1 Å². The van der Waals surface area contributed by atoms with E-state index in [9.17, 15) is 4.79 Å². The Bertz CT molecular complexity index is 653. The molecule has 1 amide bonds. The predicted molar refractivity (Wildman–Crippen MR) is 92.1 cm³/mol. The van der Waals surface area contributed by atoms with E-state index in [0.29, 0.717) is 11.8 Å². The lowest BCUT2D eigenvalue weighted by Crippen LogP contribution is -2.44. The number of nitrogens with zero attached hydrogens (tertiary/aromatic N) is 2. The second-order valence-electron chi connectivity index (χ2n) is 5.76. The Kier molecular flexibility index (Phi) is 4.98. The molecule has 0 aliphatic carbocycles. The summed E-state index contributed by atoms with van der Waals surface area (Å²) in [6, 6.07) is 10.6. The molecule has 1 aliphatic rings. The van der Waals surface area contributed by atoms with Gasteiger partial charge in [0.15, 0.2) is 0 Å². The number of fused-ring (bicyclic) bond motifs is 1. The first-order chi connectivity index (χ1) is 10.8. The van der Waals surface area contributed by atoms with Gasteiger partial charge in [0.05, 0.1) is 11.3 Å². The SMILES string of the molecule is CCC1CCCCN1C(=O)CSc1cccc2cccnc12. The van der Waals surface area contributed by atoms with Crippen LogP contribution in [0.5, 0.6) is 0 Å². The first-order valence-electron chi connectivity index (χ1n) is 8.05. The predicted octanol–water partition coefficient (Wildman–Crippen LogP) is 4.12. The summed E-state index contributed by atoms with van der Waals surface area (Å²) >= 11 is 1.61. The quantitative estimate of drug-likeness (QED) is 0.796. The number of para-hydroxylation sites is 1. The molecule has 1 saturated heterocycles. The van der Waals surface area contributed by atoms with Crippen molar-refractivity contribution in [2.24, 2.45) is 0 Å². The fourth-order valence-corrected chi connectivity index (χ4v) is 4.10. The van der Waals surface area contributed by atoms with E-state index in [2.05, 4.69) is 35.0 Å². The van der Waals surface area contributed by atoms with Crippen LogP contribution < -0.4 is 0 Å². The molecule has 3 rings (SSSR count). The Balaban J connectivity index is 1.69. The Labute approximate surface area is 136 Å². The molecule has 0 saturated carbocycles. The summed E-state index contributed by atoms with van der Waals surface area (Å²) < 4.78 is 0. The fourth-order valence-electron chi connectivity index (χ4n) is 3.17. The minimum atomic E-state index is 0.268. The van der Waals surface area contributed by atoms with Crippen LogP contribution in [-0.4, -0.2) is 34.1 Å². The van der Waals surface area contributed by atoms with Crippen molar-refractivity contribution in [3.8, 4) is 0 Å². The lowest BCUT2D eigenvalue weighted by molar-refractivity contribution is -0.132. The van der Waals surface area contributed by atoms with E-state index in [1.165, 1.54) is 6.42 Å². The van der Waals surface area contributed by atoms with Crippen LogP contribution >= 0.6 is 11.8 Å². The zero-order valence-corrected chi connectivity index (χ0v) is 13.8. The monoisotopic (exact) mass is 314 g/mol. The van der Waals surface area contributed by atoms with Gasteiger partial charge in [-0.2, -0.15) is 0 Å². The first kappa shape index (κ1) is 15.3. The molecule has 0 radical (unpaired) electrons. The number of carbonyl (C=O) groups excluding carboxylic acids is 1. The smallest absolute Gasteiger partial charge is 0.233 e. The second kappa shape index (κ2) is 7.14. The second-order valence-corrected chi connectivity index (χ2v) is 6.78. The van der Waals surface area contributed by atoms with Gasteiger partial charge >= 0.3 is 0 Å². The van der Waals surface area contributed by atoms with Crippen LogP contribution in [0.25, 0.3) is 10.9 Å². The molecule has 4 heteroatoms. The summed E-state index contributed by atoms with van der Waals surface area (Å²) in [7, 11) is 0. The number of amides is 1. The number of piperidine rings is 1. The molecule has 1 aliphatic heterocycles. The molecule has 1 fully saturated rings. The van der Waals surface area contributed by atoms with Crippen molar-refractivity contribution >= 4 is 28.6 Å². The van der Waals surface area contributed by atoms with Crippen molar-refractivity contribution in [2.45, 2.75) is 43.5 Å². The highest BCUT2D eigenvalue weighted by Crippen LogP contribution is 2.27. The first-order valence-corrected chi connectivity index (χ1v) is 9.04. The molecule has 0 spiro atoms. The van der Waals surface area contributed by atoms with E-state index in [4.69, 9.17) is 0 Å². The molecule has 2 aromatic rings. The highest BCUT2D eigenvalue weighted by atomic mass is 32.2. The van der Waals surface area contributed by atoms with Gasteiger partial charge in [-0.15, -0.1) is 11.8 Å². The standard InChI is InChI=1S/C18H22N2OS/c1-2-15-9-3-4-12-20(15)17(21)13-22-16-10-5-7-14-8-6-11-19-18(14)16/h5-8,10-11,15H,2-4,9,12-13H2,1H3. The summed E-state index contributed by atoms with van der Waals surface area (Å²) in [6.07, 6.45) is 6.42. The van der Waals surface area contributed by atoms with Crippen molar-refractivity contribution in [3.05, 3.63) is 36.5 Å². The highest BCUT2D eigenvalue weighted by molar-refractivity contribution is 8.00. The molecule has 3 nitrogen and oxygen atoms in total. The summed E-state index contributed by atoms with van der Waals surface area (Å²) in [5.74, 6) is 0.774. The summed E-state index contributed by atoms with van der Waals surface area (Å²) in [4.78, 5) is 20.2. The van der Waals surface area contributed by atoms with Crippen molar-refractivity contribution in [1.82, 2.24) is 9.88 Å². The lowest BCUT2D eigenvalue weighted by atomic mass is 10.0. The zero-order chi connectivity index (χ0) is 15.4. The highest BCUT2D eigenvalue weighted by Gasteiger charge is 2.25. The molecule has 0 bridgehead atoms. The van der Waals surface area contributed by atoms with E-state index >= 15 is 0 Å². The van der Waals surface area contributed by atoms with Crippen molar-refractivity contribution in [2.75, 3.05) is 12.3 Å². The van der Waals surface area contributed by atoms with Crippen LogP contribution in [-0.2, 0) is 4.79 Å². The number of likely N-dealkylation sites (tertiary alicyclic amines) is 1. The lowest BCUT2D eigenvalue weighted by Gasteiger charge is -2.35. The Morgan fingerprint density at radius 3 is 3.05 bits per heavy atom. The minimum absolute atomic E-state index is 0.268. The number of hydrogen-bond donors (Lipinski definition) is 0. The summed E-state index contributed by atoms with van der Waals surface area (Å²) in [6.45, 7) is 3.10. The molecule has 1 unspecified atom stereocenters. The number of carbonyl (C=O) groups is 1. The topological polar surface area (TPSA) is 33.2 Å². The van der Waals surface area contributed by atoms with Crippen LogP contribution in [0.3, 0.4) is 0 Å². The summed E-state index contributed by atoms with van der Waals surface area (Å²) in [5.41, 5.74) is 0.994. The minimum Gasteiger partial charge on any atom is -0.339 e. The third-order valence-electron chi connectivity index (χ3n) is 4.37. The van der Waals surface area contributed by atoms with E-state index in [0.717, 1.165) is 41.6 Å². The van der Waals surface area contributed by atoms with Crippen molar-refractivity contribution in [3.63, 3.8) is 0 Å². The number of aromatic nitrogens is 1. The van der Waals surface area contributed by atoms with Gasteiger partial charge in [0.1, 0.15) is 0 Å². The Morgan fingerprint density at radius 1 is 1.32 bits per heavy atom. The molecule has 1 aromatic carbocycles. The van der Waals surface area contributed by atoms with Gasteiger partial charge in [0.25, 0.3) is 0 Å². The third kappa shape index (κ3) is 3.27. The van der Waals surface area contributed by atoms with Crippen LogP contribution in [0.4, 0.5) is 0 Å². The van der Waals surface area contributed by atoms with E-state index < -0.39 is 0 Å². The molecule has 116 valence electrons. The Hall–Kier alpha value is -1.55. The van der Waals surface area contributed by atoms with Crippen molar-refractivity contribution < 1.29 is 4.79 Å². The average molecular weight is 314 g/mol.